The maximum Gasteiger partial charge on any atom is 0.0985 e. The standard InChI is InChI=1S/C16H16INOS/c17-20-19-15-11-18(12-15)16(13-7-3-1-4-8-13)14-9-5-2-6-10-14/h1-10,15-16H,11-12H2. The average Bonchev–Trinajstić information content (AvgIpc) is 2.47. The summed E-state index contributed by atoms with van der Waals surface area (Å²) in [6, 6.07) is 21.7. The van der Waals surface area contributed by atoms with E-state index in [0.717, 1.165) is 13.1 Å². The van der Waals surface area contributed by atoms with Crippen LogP contribution < -0.4 is 0 Å². The number of rotatable bonds is 5. The van der Waals surface area contributed by atoms with E-state index in [1.54, 1.807) is 0 Å². The Kier molecular flexibility index (Phi) is 4.99. The van der Waals surface area contributed by atoms with Gasteiger partial charge in [-0.05, 0) is 11.1 Å². The van der Waals surface area contributed by atoms with Crippen LogP contribution in [0.1, 0.15) is 17.2 Å². The number of halogens is 1. The summed E-state index contributed by atoms with van der Waals surface area (Å²) >= 11 is 2.18. The highest BCUT2D eigenvalue weighted by atomic mass is 127. The molecule has 0 amide bonds. The van der Waals surface area contributed by atoms with Gasteiger partial charge < -0.3 is 0 Å². The molecule has 0 saturated carbocycles. The summed E-state index contributed by atoms with van der Waals surface area (Å²) in [5, 5.41) is 0. The summed E-state index contributed by atoms with van der Waals surface area (Å²) in [5.41, 5.74) is 2.69. The summed E-state index contributed by atoms with van der Waals surface area (Å²) in [4.78, 5) is 2.47. The highest BCUT2D eigenvalue weighted by Gasteiger charge is 2.34. The number of nitrogens with zero attached hydrogens (tertiary/aromatic N) is 1. The lowest BCUT2D eigenvalue weighted by Crippen LogP contribution is -2.52. The first kappa shape index (κ1) is 14.4. The van der Waals surface area contributed by atoms with Crippen LogP contribution in [-0.4, -0.2) is 24.1 Å². The van der Waals surface area contributed by atoms with Crippen molar-refractivity contribution in [1.82, 2.24) is 4.90 Å². The van der Waals surface area contributed by atoms with Crippen molar-refractivity contribution >= 4 is 30.4 Å². The van der Waals surface area contributed by atoms with Gasteiger partial charge in [0.05, 0.1) is 21.4 Å². The van der Waals surface area contributed by atoms with E-state index in [-0.39, 0.29) is 0 Å². The van der Waals surface area contributed by atoms with Crippen molar-refractivity contribution in [3.8, 4) is 0 Å². The molecular formula is C16H16INOS. The van der Waals surface area contributed by atoms with Crippen LogP contribution >= 0.6 is 30.4 Å². The van der Waals surface area contributed by atoms with Crippen LogP contribution in [0.15, 0.2) is 60.7 Å². The van der Waals surface area contributed by atoms with Crippen LogP contribution in [-0.2, 0) is 4.18 Å². The molecular weight excluding hydrogens is 381 g/mol. The molecule has 1 aliphatic heterocycles. The summed E-state index contributed by atoms with van der Waals surface area (Å²) in [5.74, 6) is 0. The lowest BCUT2D eigenvalue weighted by Gasteiger charge is -2.43. The maximum atomic E-state index is 5.59. The summed E-state index contributed by atoms with van der Waals surface area (Å²) in [6.07, 6.45) is 0.354. The van der Waals surface area contributed by atoms with Crippen LogP contribution in [0, 0.1) is 0 Å². The smallest absolute Gasteiger partial charge is 0.0985 e. The second kappa shape index (κ2) is 6.93. The number of benzene rings is 2. The van der Waals surface area contributed by atoms with E-state index in [4.69, 9.17) is 4.18 Å². The zero-order valence-corrected chi connectivity index (χ0v) is 14.0. The molecule has 1 heterocycles. The molecule has 0 N–H and O–H groups in total. The third-order valence-corrected chi connectivity index (χ3v) is 4.61. The Labute approximate surface area is 136 Å². The Hall–Kier alpha value is -0.560. The molecule has 0 spiro atoms. The molecule has 104 valence electrons. The normalized spacial score (nSPS) is 16.3. The van der Waals surface area contributed by atoms with Crippen molar-refractivity contribution in [1.29, 1.82) is 0 Å². The average molecular weight is 397 g/mol. The predicted molar refractivity (Wildman–Crippen MR) is 92.8 cm³/mol. The molecule has 0 aliphatic carbocycles. The predicted octanol–water partition coefficient (Wildman–Crippen LogP) is 4.48. The van der Waals surface area contributed by atoms with Gasteiger partial charge in [0.15, 0.2) is 0 Å². The largest absolute Gasteiger partial charge is 0.299 e. The third-order valence-electron chi connectivity index (χ3n) is 3.64. The monoisotopic (exact) mass is 397 g/mol. The molecule has 4 heteroatoms. The molecule has 1 saturated heterocycles. The van der Waals surface area contributed by atoms with Gasteiger partial charge in [-0.2, -0.15) is 0 Å². The van der Waals surface area contributed by atoms with Crippen molar-refractivity contribution in [2.75, 3.05) is 13.1 Å². The first-order valence-corrected chi connectivity index (χ1v) is 9.95. The summed E-state index contributed by atoms with van der Waals surface area (Å²) in [6.45, 7) is 1.98. The Morgan fingerprint density at radius 2 is 1.45 bits per heavy atom. The van der Waals surface area contributed by atoms with E-state index in [2.05, 4.69) is 86.8 Å². The first-order chi connectivity index (χ1) is 9.88. The fraction of sp³-hybridized carbons (Fsp3) is 0.250. The highest BCUT2D eigenvalue weighted by Crippen LogP contribution is 2.34. The SMILES string of the molecule is ISOC1CN(C(c2ccccc2)c2ccccc2)C1. The van der Waals surface area contributed by atoms with Crippen molar-refractivity contribution in [2.45, 2.75) is 12.1 Å². The Morgan fingerprint density at radius 3 is 1.90 bits per heavy atom. The van der Waals surface area contributed by atoms with Crippen LogP contribution in [0.25, 0.3) is 0 Å². The van der Waals surface area contributed by atoms with Gasteiger partial charge in [-0.15, -0.1) is 0 Å². The quantitative estimate of drug-likeness (QED) is 0.546. The number of likely N-dealkylation sites (tertiary alicyclic amines) is 1. The molecule has 3 rings (SSSR count). The molecule has 1 fully saturated rings. The minimum Gasteiger partial charge on any atom is -0.299 e. The molecule has 0 aromatic heterocycles. The summed E-state index contributed by atoms with van der Waals surface area (Å²) in [7, 11) is 1.43. The van der Waals surface area contributed by atoms with Crippen LogP contribution in [0.2, 0.25) is 0 Å². The molecule has 0 bridgehead atoms. The van der Waals surface area contributed by atoms with Crippen molar-refractivity contribution in [3.63, 3.8) is 0 Å². The Morgan fingerprint density at radius 1 is 0.950 bits per heavy atom. The van der Waals surface area contributed by atoms with E-state index in [9.17, 15) is 0 Å². The van der Waals surface area contributed by atoms with E-state index in [0.29, 0.717) is 12.1 Å². The number of hydrogen-bond donors (Lipinski definition) is 0. The molecule has 20 heavy (non-hydrogen) atoms. The van der Waals surface area contributed by atoms with Gasteiger partial charge in [-0.1, -0.05) is 60.7 Å². The van der Waals surface area contributed by atoms with Crippen molar-refractivity contribution in [3.05, 3.63) is 71.8 Å². The van der Waals surface area contributed by atoms with E-state index >= 15 is 0 Å². The zero-order chi connectivity index (χ0) is 13.8. The van der Waals surface area contributed by atoms with E-state index in [1.807, 2.05) is 0 Å². The van der Waals surface area contributed by atoms with Gasteiger partial charge in [-0.3, -0.25) is 9.08 Å². The van der Waals surface area contributed by atoms with Gasteiger partial charge >= 0.3 is 0 Å². The molecule has 0 atom stereocenters. The Balaban J connectivity index is 1.83. The lowest BCUT2D eigenvalue weighted by molar-refractivity contribution is 0.0134. The molecule has 0 radical (unpaired) electrons. The van der Waals surface area contributed by atoms with Crippen molar-refractivity contribution < 1.29 is 4.18 Å². The molecule has 0 unspecified atom stereocenters. The third kappa shape index (κ3) is 3.19. The van der Waals surface area contributed by atoms with Gasteiger partial charge in [0.25, 0.3) is 0 Å². The minimum absolute atomic E-state index is 0.330. The lowest BCUT2D eigenvalue weighted by atomic mass is 9.94. The summed E-state index contributed by atoms with van der Waals surface area (Å²) < 4.78 is 5.59. The van der Waals surface area contributed by atoms with E-state index < -0.39 is 0 Å². The topological polar surface area (TPSA) is 12.5 Å². The zero-order valence-electron chi connectivity index (χ0n) is 11.0. The van der Waals surface area contributed by atoms with E-state index in [1.165, 1.54) is 20.3 Å². The highest BCUT2D eigenvalue weighted by molar-refractivity contribution is 14.2. The maximum absolute atomic E-state index is 5.59. The van der Waals surface area contributed by atoms with Crippen molar-refractivity contribution in [2.24, 2.45) is 0 Å². The minimum atomic E-state index is 0.330. The fourth-order valence-corrected chi connectivity index (χ4v) is 3.78. The number of hydrogen-bond acceptors (Lipinski definition) is 3. The van der Waals surface area contributed by atoms with Crippen LogP contribution in [0.3, 0.4) is 0 Å². The van der Waals surface area contributed by atoms with Gasteiger partial charge in [0.1, 0.15) is 0 Å². The molecule has 1 aliphatic rings. The van der Waals surface area contributed by atoms with Crippen LogP contribution in [0.4, 0.5) is 0 Å². The molecule has 2 nitrogen and oxygen atoms in total. The van der Waals surface area contributed by atoms with Gasteiger partial charge in [0, 0.05) is 34.3 Å². The van der Waals surface area contributed by atoms with Crippen LogP contribution in [0.5, 0.6) is 0 Å². The molecule has 2 aromatic rings. The Bertz CT molecular complexity index is 491. The molecule has 2 aromatic carbocycles. The second-order valence-electron chi connectivity index (χ2n) is 4.96. The van der Waals surface area contributed by atoms with Gasteiger partial charge in [0.2, 0.25) is 0 Å². The fourth-order valence-electron chi connectivity index (χ4n) is 2.68. The second-order valence-corrected chi connectivity index (χ2v) is 6.36. The first-order valence-electron chi connectivity index (χ1n) is 6.66. The van der Waals surface area contributed by atoms with Gasteiger partial charge in [-0.25, -0.2) is 0 Å².